The number of fused-ring (bicyclic) bond motifs is 1. The number of imidazole rings is 1. The summed E-state index contributed by atoms with van der Waals surface area (Å²) in [5.74, 6) is 1.89. The molecule has 0 saturated heterocycles. The first-order valence-electron chi connectivity index (χ1n) is 10.8. The van der Waals surface area contributed by atoms with Crippen LogP contribution >= 0.6 is 0 Å². The van der Waals surface area contributed by atoms with Gasteiger partial charge in [-0.2, -0.15) is 9.97 Å². The Morgan fingerprint density at radius 1 is 1.03 bits per heavy atom. The molecule has 3 aromatic heterocycles. The first kappa shape index (κ1) is 19.6. The second-order valence-electron chi connectivity index (χ2n) is 8.04. The minimum Gasteiger partial charge on any atom is -0.472 e. The highest BCUT2D eigenvalue weighted by Gasteiger charge is 2.25. The zero-order chi connectivity index (χ0) is 21.2. The number of anilines is 2. The summed E-state index contributed by atoms with van der Waals surface area (Å²) < 4.78 is 7.42. The Morgan fingerprint density at radius 2 is 1.84 bits per heavy atom. The van der Waals surface area contributed by atoms with Gasteiger partial charge in [0.2, 0.25) is 5.95 Å². The lowest BCUT2D eigenvalue weighted by atomic mass is 10.1. The van der Waals surface area contributed by atoms with Crippen molar-refractivity contribution in [2.24, 2.45) is 5.73 Å². The SMILES string of the molecule is NCCc1nc2c(NCc3ccc(-c4ccoc4)cc3)nc(N)nc2n1C1CCCC1. The fourth-order valence-electron chi connectivity index (χ4n) is 4.44. The van der Waals surface area contributed by atoms with E-state index in [0.29, 0.717) is 31.4 Å². The van der Waals surface area contributed by atoms with Crippen molar-refractivity contribution in [3.05, 3.63) is 54.2 Å². The molecular formula is C23H27N7O. The number of hydrogen-bond donors (Lipinski definition) is 3. The Balaban J connectivity index is 1.43. The first-order valence-corrected chi connectivity index (χ1v) is 10.8. The molecule has 5 N–H and O–H groups in total. The van der Waals surface area contributed by atoms with Crippen molar-refractivity contribution in [2.45, 2.75) is 44.7 Å². The van der Waals surface area contributed by atoms with Gasteiger partial charge in [-0.1, -0.05) is 37.1 Å². The van der Waals surface area contributed by atoms with Crippen molar-refractivity contribution < 1.29 is 4.42 Å². The number of rotatable bonds is 7. The molecule has 1 aromatic carbocycles. The van der Waals surface area contributed by atoms with Crippen molar-refractivity contribution >= 4 is 22.9 Å². The fourth-order valence-corrected chi connectivity index (χ4v) is 4.44. The Kier molecular flexibility index (Phi) is 5.30. The number of nitrogens with zero attached hydrogens (tertiary/aromatic N) is 4. The van der Waals surface area contributed by atoms with Crippen LogP contribution in [-0.2, 0) is 13.0 Å². The number of nitrogens with two attached hydrogens (primary N) is 2. The topological polar surface area (TPSA) is 121 Å². The molecule has 31 heavy (non-hydrogen) atoms. The average molecular weight is 418 g/mol. The van der Waals surface area contributed by atoms with Crippen LogP contribution in [0.15, 0.2) is 47.3 Å². The third-order valence-electron chi connectivity index (χ3n) is 5.96. The highest BCUT2D eigenvalue weighted by atomic mass is 16.3. The third kappa shape index (κ3) is 3.86. The second kappa shape index (κ2) is 8.39. The summed E-state index contributed by atoms with van der Waals surface area (Å²) in [7, 11) is 0. The minimum absolute atomic E-state index is 0.253. The van der Waals surface area contributed by atoms with Gasteiger partial charge >= 0.3 is 0 Å². The number of nitrogens with one attached hydrogen (secondary N) is 1. The van der Waals surface area contributed by atoms with E-state index in [-0.39, 0.29) is 5.95 Å². The van der Waals surface area contributed by atoms with Crippen LogP contribution < -0.4 is 16.8 Å². The van der Waals surface area contributed by atoms with Crippen molar-refractivity contribution in [2.75, 3.05) is 17.6 Å². The lowest BCUT2D eigenvalue weighted by Gasteiger charge is -2.15. The summed E-state index contributed by atoms with van der Waals surface area (Å²) in [5.41, 5.74) is 16.8. The summed E-state index contributed by atoms with van der Waals surface area (Å²) in [4.78, 5) is 13.9. The number of benzene rings is 1. The Labute approximate surface area is 180 Å². The van der Waals surface area contributed by atoms with Crippen LogP contribution in [0, 0.1) is 0 Å². The standard InChI is InChI=1S/C23H27N7O/c24-11-9-19-27-20-21(28-23(25)29-22(20)30(19)18-3-1-2-4-18)26-13-15-5-7-16(8-6-15)17-10-12-31-14-17/h5-8,10,12,14,18H,1-4,9,11,13,24H2,(H3,25,26,28,29). The molecule has 0 atom stereocenters. The van der Waals surface area contributed by atoms with Gasteiger partial charge < -0.3 is 25.8 Å². The molecule has 0 bridgehead atoms. The van der Waals surface area contributed by atoms with Gasteiger partial charge in [-0.05, 0) is 36.6 Å². The van der Waals surface area contributed by atoms with E-state index in [1.54, 1.807) is 12.5 Å². The maximum absolute atomic E-state index is 6.08. The van der Waals surface area contributed by atoms with Gasteiger partial charge in [0, 0.05) is 24.6 Å². The molecule has 0 unspecified atom stereocenters. The molecular weight excluding hydrogens is 390 g/mol. The molecule has 1 aliphatic carbocycles. The lowest BCUT2D eigenvalue weighted by Crippen LogP contribution is -2.14. The summed E-state index contributed by atoms with van der Waals surface area (Å²) in [6, 6.07) is 10.7. The number of hydrogen-bond acceptors (Lipinski definition) is 7. The zero-order valence-corrected chi connectivity index (χ0v) is 17.4. The summed E-state index contributed by atoms with van der Waals surface area (Å²) >= 11 is 0. The first-order chi connectivity index (χ1) is 15.2. The Bertz CT molecular complexity index is 1160. The molecule has 5 rings (SSSR count). The minimum atomic E-state index is 0.253. The van der Waals surface area contributed by atoms with Gasteiger partial charge in [0.05, 0.1) is 12.5 Å². The molecule has 3 heterocycles. The van der Waals surface area contributed by atoms with E-state index < -0.39 is 0 Å². The van der Waals surface area contributed by atoms with Gasteiger partial charge in [0.15, 0.2) is 17.0 Å². The summed E-state index contributed by atoms with van der Waals surface area (Å²) in [5, 5.41) is 3.42. The molecule has 8 heteroatoms. The van der Waals surface area contributed by atoms with Crippen LogP contribution in [0.3, 0.4) is 0 Å². The molecule has 1 aliphatic rings. The molecule has 0 radical (unpaired) electrons. The zero-order valence-electron chi connectivity index (χ0n) is 17.4. The summed E-state index contributed by atoms with van der Waals surface area (Å²) in [6.45, 7) is 1.16. The van der Waals surface area contributed by atoms with Gasteiger partial charge in [0.25, 0.3) is 0 Å². The highest BCUT2D eigenvalue weighted by molar-refractivity contribution is 5.85. The van der Waals surface area contributed by atoms with Crippen LogP contribution in [0.4, 0.5) is 11.8 Å². The van der Waals surface area contributed by atoms with E-state index in [4.69, 9.17) is 20.9 Å². The maximum Gasteiger partial charge on any atom is 0.224 e. The van der Waals surface area contributed by atoms with Crippen LogP contribution in [-0.4, -0.2) is 26.1 Å². The molecule has 0 spiro atoms. The van der Waals surface area contributed by atoms with Crippen molar-refractivity contribution in [1.29, 1.82) is 0 Å². The quantitative estimate of drug-likeness (QED) is 0.417. The molecule has 0 aliphatic heterocycles. The van der Waals surface area contributed by atoms with E-state index in [0.717, 1.165) is 46.5 Å². The average Bonchev–Trinajstić information content (AvgIpc) is 3.53. The molecule has 160 valence electrons. The van der Waals surface area contributed by atoms with E-state index in [9.17, 15) is 0 Å². The predicted molar refractivity (Wildman–Crippen MR) is 121 cm³/mol. The third-order valence-corrected chi connectivity index (χ3v) is 5.96. The van der Waals surface area contributed by atoms with E-state index in [1.165, 1.54) is 12.8 Å². The van der Waals surface area contributed by atoms with Crippen LogP contribution in [0.2, 0.25) is 0 Å². The molecule has 8 nitrogen and oxygen atoms in total. The van der Waals surface area contributed by atoms with Gasteiger partial charge in [-0.15, -0.1) is 0 Å². The van der Waals surface area contributed by atoms with Crippen molar-refractivity contribution in [1.82, 2.24) is 19.5 Å². The van der Waals surface area contributed by atoms with Gasteiger partial charge in [-0.3, -0.25) is 0 Å². The second-order valence-corrected chi connectivity index (χ2v) is 8.04. The Morgan fingerprint density at radius 3 is 2.55 bits per heavy atom. The van der Waals surface area contributed by atoms with Crippen LogP contribution in [0.25, 0.3) is 22.3 Å². The maximum atomic E-state index is 6.08. The highest BCUT2D eigenvalue weighted by Crippen LogP contribution is 2.35. The molecule has 4 aromatic rings. The molecule has 1 fully saturated rings. The number of nitrogen functional groups attached to an aromatic ring is 1. The summed E-state index contributed by atoms with van der Waals surface area (Å²) in [6.07, 6.45) is 8.87. The molecule has 0 amide bonds. The van der Waals surface area contributed by atoms with E-state index >= 15 is 0 Å². The fraction of sp³-hybridized carbons (Fsp3) is 0.348. The van der Waals surface area contributed by atoms with Gasteiger partial charge in [-0.25, -0.2) is 4.98 Å². The van der Waals surface area contributed by atoms with Crippen molar-refractivity contribution in [3.8, 4) is 11.1 Å². The van der Waals surface area contributed by atoms with Gasteiger partial charge in [0.1, 0.15) is 5.82 Å². The van der Waals surface area contributed by atoms with Crippen LogP contribution in [0.5, 0.6) is 0 Å². The Hall–Kier alpha value is -3.39. The lowest BCUT2D eigenvalue weighted by molar-refractivity contribution is 0.507. The number of furan rings is 1. The molecule has 1 saturated carbocycles. The van der Waals surface area contributed by atoms with Crippen LogP contribution in [0.1, 0.15) is 43.1 Å². The monoisotopic (exact) mass is 417 g/mol. The smallest absolute Gasteiger partial charge is 0.224 e. The van der Waals surface area contributed by atoms with E-state index in [1.807, 2.05) is 6.07 Å². The van der Waals surface area contributed by atoms with E-state index in [2.05, 4.69) is 44.1 Å². The normalized spacial score (nSPS) is 14.5. The largest absolute Gasteiger partial charge is 0.472 e. The van der Waals surface area contributed by atoms with Crippen molar-refractivity contribution in [3.63, 3.8) is 0 Å². The predicted octanol–water partition coefficient (Wildman–Crippen LogP) is 3.90. The number of aromatic nitrogens is 4.